The molecule has 0 fully saturated rings. The van der Waals surface area contributed by atoms with E-state index >= 15 is 0 Å². The summed E-state index contributed by atoms with van der Waals surface area (Å²) in [4.78, 5) is 23.1. The van der Waals surface area contributed by atoms with Crippen molar-refractivity contribution in [2.45, 2.75) is 26.7 Å². The highest BCUT2D eigenvalue weighted by Crippen LogP contribution is 2.23. The van der Waals surface area contributed by atoms with E-state index in [-0.39, 0.29) is 11.2 Å². The number of carbonyl (C=O) groups excluding carboxylic acids is 1. The Hall–Kier alpha value is -2.10. The minimum atomic E-state index is -0.0834. The fraction of sp³-hybridized carbons (Fsp3) is 0.333. The molecular weight excluding hydrogens is 244 g/mol. The van der Waals surface area contributed by atoms with Crippen LogP contribution in [0.2, 0.25) is 0 Å². The van der Waals surface area contributed by atoms with E-state index in [0.717, 1.165) is 5.56 Å². The van der Waals surface area contributed by atoms with Crippen LogP contribution in [0.25, 0.3) is 11.0 Å². The van der Waals surface area contributed by atoms with Crippen LogP contribution in [0.15, 0.2) is 27.4 Å². The van der Waals surface area contributed by atoms with E-state index in [1.807, 2.05) is 6.92 Å². The van der Waals surface area contributed by atoms with E-state index in [9.17, 15) is 9.59 Å². The quantitative estimate of drug-likeness (QED) is 0.848. The lowest BCUT2D eigenvalue weighted by Gasteiger charge is -2.07. The van der Waals surface area contributed by atoms with Crippen LogP contribution in [0, 0.1) is 6.92 Å². The van der Waals surface area contributed by atoms with Crippen LogP contribution >= 0.6 is 0 Å². The van der Waals surface area contributed by atoms with E-state index < -0.39 is 0 Å². The summed E-state index contributed by atoms with van der Waals surface area (Å²) in [6, 6.07) is 4.96. The summed E-state index contributed by atoms with van der Waals surface area (Å²) >= 11 is 0. The van der Waals surface area contributed by atoms with Gasteiger partial charge in [0.1, 0.15) is 22.9 Å². The first-order chi connectivity index (χ1) is 9.01. The van der Waals surface area contributed by atoms with Gasteiger partial charge in [-0.3, -0.25) is 4.79 Å². The largest absolute Gasteiger partial charge is 0.497 e. The second-order valence-electron chi connectivity index (χ2n) is 4.60. The number of hydrogen-bond donors (Lipinski definition) is 0. The van der Waals surface area contributed by atoms with Crippen molar-refractivity contribution in [3.63, 3.8) is 0 Å². The molecule has 2 rings (SSSR count). The first kappa shape index (κ1) is 13.3. The first-order valence-electron chi connectivity index (χ1n) is 6.12. The average Bonchev–Trinajstić information content (AvgIpc) is 2.35. The van der Waals surface area contributed by atoms with Crippen molar-refractivity contribution in [2.75, 3.05) is 7.11 Å². The molecule has 0 spiro atoms. The number of ketones is 1. The molecule has 4 nitrogen and oxygen atoms in total. The van der Waals surface area contributed by atoms with Crippen molar-refractivity contribution >= 4 is 16.8 Å². The Kier molecular flexibility index (Phi) is 3.69. The predicted octanol–water partition coefficient (Wildman–Crippen LogP) is 2.63. The fourth-order valence-corrected chi connectivity index (χ4v) is 2.05. The molecule has 0 unspecified atom stereocenters. The molecule has 0 N–H and O–H groups in total. The molecule has 4 heteroatoms. The van der Waals surface area contributed by atoms with Crippen molar-refractivity contribution in [2.24, 2.45) is 0 Å². The van der Waals surface area contributed by atoms with Gasteiger partial charge in [-0.2, -0.15) is 0 Å². The highest BCUT2D eigenvalue weighted by Gasteiger charge is 2.10. The summed E-state index contributed by atoms with van der Waals surface area (Å²) in [6.45, 7) is 3.36. The van der Waals surface area contributed by atoms with Crippen LogP contribution in [0.4, 0.5) is 0 Å². The van der Waals surface area contributed by atoms with Crippen molar-refractivity contribution in [1.82, 2.24) is 0 Å². The second kappa shape index (κ2) is 5.26. The number of aryl methyl sites for hydroxylation is 2. The van der Waals surface area contributed by atoms with Gasteiger partial charge < -0.3 is 13.9 Å². The van der Waals surface area contributed by atoms with E-state index in [4.69, 9.17) is 9.15 Å². The molecule has 0 aliphatic carbocycles. The Morgan fingerprint density at radius 2 is 2.05 bits per heavy atom. The number of benzene rings is 1. The van der Waals surface area contributed by atoms with E-state index in [1.165, 1.54) is 13.0 Å². The molecule has 2 aromatic rings. The predicted molar refractivity (Wildman–Crippen MR) is 72.8 cm³/mol. The molecule has 1 aromatic carbocycles. The van der Waals surface area contributed by atoms with Gasteiger partial charge in [-0.15, -0.1) is 0 Å². The molecule has 19 heavy (non-hydrogen) atoms. The van der Waals surface area contributed by atoms with Gasteiger partial charge in [0.05, 0.1) is 12.5 Å². The lowest BCUT2D eigenvalue weighted by Crippen LogP contribution is -2.05. The maximum absolute atomic E-state index is 12.1. The molecule has 0 atom stereocenters. The van der Waals surface area contributed by atoms with Gasteiger partial charge in [-0.25, -0.2) is 0 Å². The maximum Gasteiger partial charge on any atom is 0.193 e. The number of ether oxygens (including phenoxy) is 1. The van der Waals surface area contributed by atoms with Crippen LogP contribution < -0.4 is 10.2 Å². The Bertz CT molecular complexity index is 682. The summed E-state index contributed by atoms with van der Waals surface area (Å²) in [5, 5.41) is 0.562. The number of carbonyl (C=O) groups is 1. The third-order valence-electron chi connectivity index (χ3n) is 3.01. The highest BCUT2D eigenvalue weighted by atomic mass is 16.5. The van der Waals surface area contributed by atoms with Gasteiger partial charge in [0.15, 0.2) is 5.43 Å². The Morgan fingerprint density at radius 3 is 2.68 bits per heavy atom. The lowest BCUT2D eigenvalue weighted by atomic mass is 10.1. The molecule has 0 saturated carbocycles. The Labute approximate surface area is 111 Å². The third kappa shape index (κ3) is 2.84. The minimum Gasteiger partial charge on any atom is -0.497 e. The molecule has 100 valence electrons. The summed E-state index contributed by atoms with van der Waals surface area (Å²) in [7, 11) is 1.57. The molecule has 0 aliphatic rings. The summed E-state index contributed by atoms with van der Waals surface area (Å²) in [5.41, 5.74) is 1.24. The van der Waals surface area contributed by atoms with Crippen LogP contribution in [0.3, 0.4) is 0 Å². The van der Waals surface area contributed by atoms with Crippen molar-refractivity contribution in [3.05, 3.63) is 39.7 Å². The maximum atomic E-state index is 12.1. The van der Waals surface area contributed by atoms with E-state index in [1.54, 1.807) is 19.2 Å². The van der Waals surface area contributed by atoms with E-state index in [0.29, 0.717) is 35.3 Å². The van der Waals surface area contributed by atoms with Crippen LogP contribution in [-0.4, -0.2) is 12.9 Å². The van der Waals surface area contributed by atoms with Crippen LogP contribution in [-0.2, 0) is 11.2 Å². The first-order valence-corrected chi connectivity index (χ1v) is 6.12. The molecule has 0 amide bonds. The van der Waals surface area contributed by atoms with E-state index in [2.05, 4.69) is 0 Å². The highest BCUT2D eigenvalue weighted by molar-refractivity contribution is 5.82. The summed E-state index contributed by atoms with van der Waals surface area (Å²) in [5.74, 6) is 1.25. The molecule has 0 bridgehead atoms. The van der Waals surface area contributed by atoms with Gasteiger partial charge in [0.25, 0.3) is 0 Å². The normalized spacial score (nSPS) is 10.7. The zero-order chi connectivity index (χ0) is 14.0. The van der Waals surface area contributed by atoms with Gasteiger partial charge in [0, 0.05) is 25.0 Å². The lowest BCUT2D eigenvalue weighted by molar-refractivity contribution is -0.117. The standard InChI is InChI=1S/C15H16O4/c1-9-6-12(18-3)8-14-15(9)13(17)7-11(19-14)5-4-10(2)16/h6-8H,4-5H2,1-3H3. The van der Waals surface area contributed by atoms with Crippen molar-refractivity contribution in [1.29, 1.82) is 0 Å². The molecule has 0 saturated heterocycles. The van der Waals surface area contributed by atoms with Gasteiger partial charge in [0.2, 0.25) is 0 Å². The zero-order valence-corrected chi connectivity index (χ0v) is 11.3. The monoisotopic (exact) mass is 260 g/mol. The third-order valence-corrected chi connectivity index (χ3v) is 3.01. The van der Waals surface area contributed by atoms with Crippen LogP contribution in [0.1, 0.15) is 24.7 Å². The second-order valence-corrected chi connectivity index (χ2v) is 4.60. The molecule has 0 radical (unpaired) electrons. The number of rotatable bonds is 4. The summed E-state index contributed by atoms with van der Waals surface area (Å²) in [6.07, 6.45) is 0.814. The molecule has 1 aromatic heterocycles. The van der Waals surface area contributed by atoms with Gasteiger partial charge >= 0.3 is 0 Å². The SMILES string of the molecule is COc1cc(C)c2c(=O)cc(CCC(C)=O)oc2c1. The van der Waals surface area contributed by atoms with Gasteiger partial charge in [-0.05, 0) is 25.5 Å². The molecular formula is C15H16O4. The number of methoxy groups -OCH3 is 1. The number of Topliss-reactive ketones (excluding diaryl/α,β-unsaturated/α-hetero) is 1. The smallest absolute Gasteiger partial charge is 0.193 e. The fourth-order valence-electron chi connectivity index (χ4n) is 2.05. The van der Waals surface area contributed by atoms with Gasteiger partial charge in [-0.1, -0.05) is 0 Å². The minimum absolute atomic E-state index is 0.0737. The Balaban J connectivity index is 2.54. The Morgan fingerprint density at radius 1 is 1.32 bits per heavy atom. The summed E-state index contributed by atoms with van der Waals surface area (Å²) < 4.78 is 10.8. The number of fused-ring (bicyclic) bond motifs is 1. The zero-order valence-electron chi connectivity index (χ0n) is 11.3. The van der Waals surface area contributed by atoms with Crippen molar-refractivity contribution < 1.29 is 13.9 Å². The topological polar surface area (TPSA) is 56.5 Å². The molecule has 0 aliphatic heterocycles. The number of hydrogen-bond acceptors (Lipinski definition) is 4. The van der Waals surface area contributed by atoms with Crippen molar-refractivity contribution in [3.8, 4) is 5.75 Å². The van der Waals surface area contributed by atoms with Crippen LogP contribution in [0.5, 0.6) is 5.75 Å². The molecule has 1 heterocycles. The average molecular weight is 260 g/mol.